The van der Waals surface area contributed by atoms with Gasteiger partial charge >= 0.3 is 0 Å². The highest BCUT2D eigenvalue weighted by Crippen LogP contribution is 2.25. The lowest BCUT2D eigenvalue weighted by atomic mass is 9.96. The summed E-state index contributed by atoms with van der Waals surface area (Å²) in [6.07, 6.45) is 2.62. The van der Waals surface area contributed by atoms with E-state index in [2.05, 4.69) is 71.9 Å². The van der Waals surface area contributed by atoms with Crippen molar-refractivity contribution in [2.24, 2.45) is 5.92 Å². The Morgan fingerprint density at radius 2 is 1.61 bits per heavy atom. The van der Waals surface area contributed by atoms with Gasteiger partial charge in [-0.15, -0.1) is 12.4 Å². The van der Waals surface area contributed by atoms with Crippen molar-refractivity contribution < 1.29 is 0 Å². The Bertz CT molecular complexity index is 579. The molecule has 0 amide bonds. The molecule has 1 saturated heterocycles. The largest absolute Gasteiger partial charge is 0.317 e. The maximum absolute atomic E-state index is 3.45. The van der Waals surface area contributed by atoms with Crippen molar-refractivity contribution in [1.29, 1.82) is 0 Å². The first-order valence-electron chi connectivity index (χ1n) is 8.35. The van der Waals surface area contributed by atoms with Crippen LogP contribution in [0.1, 0.15) is 18.4 Å². The van der Waals surface area contributed by atoms with Gasteiger partial charge in [-0.25, -0.2) is 0 Å². The highest BCUT2D eigenvalue weighted by molar-refractivity contribution is 5.85. The second-order valence-corrected chi connectivity index (χ2v) is 6.41. The third kappa shape index (κ3) is 5.07. The minimum Gasteiger partial charge on any atom is -0.317 e. The molecule has 1 heterocycles. The van der Waals surface area contributed by atoms with Gasteiger partial charge in [-0.2, -0.15) is 0 Å². The first-order chi connectivity index (χ1) is 10.8. The lowest BCUT2D eigenvalue weighted by Crippen LogP contribution is -2.34. The summed E-state index contributed by atoms with van der Waals surface area (Å²) in [5, 5.41) is 3.45. The Balaban J connectivity index is 0.00000192. The Kier molecular flexibility index (Phi) is 7.10. The molecule has 3 heteroatoms. The quantitative estimate of drug-likeness (QED) is 0.883. The third-order valence-electron chi connectivity index (χ3n) is 4.57. The van der Waals surface area contributed by atoms with Gasteiger partial charge in [0, 0.05) is 13.1 Å². The molecule has 124 valence electrons. The van der Waals surface area contributed by atoms with E-state index in [0.29, 0.717) is 0 Å². The Labute approximate surface area is 146 Å². The monoisotopic (exact) mass is 330 g/mol. The lowest BCUT2D eigenvalue weighted by molar-refractivity contribution is 0.235. The molecule has 0 aromatic heterocycles. The standard InChI is InChI=1S/C20H26N2.ClH/c1-22(15-17-11-13-21-14-12-17)16-19-9-5-6-10-20(19)18-7-3-2-4-8-18;/h2-10,17,21H,11-16H2,1H3;1H. The maximum atomic E-state index is 3.45. The van der Waals surface area contributed by atoms with Gasteiger partial charge in [0.2, 0.25) is 0 Å². The van der Waals surface area contributed by atoms with Gasteiger partial charge in [0.15, 0.2) is 0 Å². The van der Waals surface area contributed by atoms with E-state index in [9.17, 15) is 0 Å². The second-order valence-electron chi connectivity index (χ2n) is 6.41. The van der Waals surface area contributed by atoms with Crippen molar-refractivity contribution in [1.82, 2.24) is 10.2 Å². The maximum Gasteiger partial charge on any atom is 0.0236 e. The van der Waals surface area contributed by atoms with E-state index in [4.69, 9.17) is 0 Å². The second kappa shape index (κ2) is 9.07. The average molecular weight is 331 g/mol. The molecule has 3 rings (SSSR count). The van der Waals surface area contributed by atoms with Gasteiger partial charge in [0.1, 0.15) is 0 Å². The first kappa shape index (κ1) is 18.0. The van der Waals surface area contributed by atoms with Gasteiger partial charge in [-0.3, -0.25) is 0 Å². The lowest BCUT2D eigenvalue weighted by Gasteiger charge is -2.28. The number of benzene rings is 2. The topological polar surface area (TPSA) is 15.3 Å². The van der Waals surface area contributed by atoms with E-state index < -0.39 is 0 Å². The Morgan fingerprint density at radius 3 is 2.35 bits per heavy atom. The summed E-state index contributed by atoms with van der Waals surface area (Å²) in [5.74, 6) is 0.843. The summed E-state index contributed by atoms with van der Waals surface area (Å²) in [6.45, 7) is 4.58. The van der Waals surface area contributed by atoms with Crippen LogP contribution >= 0.6 is 12.4 Å². The number of rotatable bonds is 5. The molecular formula is C20H27ClN2. The molecule has 0 saturated carbocycles. The normalized spacial score (nSPS) is 15.4. The molecule has 0 bridgehead atoms. The van der Waals surface area contributed by atoms with Crippen molar-refractivity contribution >= 4 is 12.4 Å². The summed E-state index contributed by atoms with van der Waals surface area (Å²) < 4.78 is 0. The zero-order valence-corrected chi connectivity index (χ0v) is 14.7. The fraction of sp³-hybridized carbons (Fsp3) is 0.400. The molecule has 0 spiro atoms. The third-order valence-corrected chi connectivity index (χ3v) is 4.57. The molecule has 0 aliphatic carbocycles. The molecule has 1 aliphatic heterocycles. The van der Waals surface area contributed by atoms with Crippen LogP contribution in [-0.4, -0.2) is 31.6 Å². The SMILES string of the molecule is CN(Cc1ccccc1-c1ccccc1)CC1CCNCC1.Cl. The predicted molar refractivity (Wildman–Crippen MR) is 101 cm³/mol. The van der Waals surface area contributed by atoms with Crippen LogP contribution in [-0.2, 0) is 6.54 Å². The van der Waals surface area contributed by atoms with Crippen LogP contribution in [0.3, 0.4) is 0 Å². The fourth-order valence-electron chi connectivity index (χ4n) is 3.42. The molecule has 0 atom stereocenters. The number of nitrogens with one attached hydrogen (secondary N) is 1. The van der Waals surface area contributed by atoms with Crippen LogP contribution in [0.5, 0.6) is 0 Å². The van der Waals surface area contributed by atoms with Gasteiger partial charge in [-0.1, -0.05) is 54.6 Å². The van der Waals surface area contributed by atoms with Crippen molar-refractivity contribution in [2.45, 2.75) is 19.4 Å². The summed E-state index contributed by atoms with van der Waals surface area (Å²) >= 11 is 0. The van der Waals surface area contributed by atoms with Crippen molar-refractivity contribution in [3.8, 4) is 11.1 Å². The molecule has 1 fully saturated rings. The molecular weight excluding hydrogens is 304 g/mol. The van der Waals surface area contributed by atoms with E-state index in [1.54, 1.807) is 0 Å². The van der Waals surface area contributed by atoms with Crippen molar-refractivity contribution in [3.63, 3.8) is 0 Å². The van der Waals surface area contributed by atoms with Crippen LogP contribution in [0.25, 0.3) is 11.1 Å². The van der Waals surface area contributed by atoms with E-state index >= 15 is 0 Å². The smallest absolute Gasteiger partial charge is 0.0236 e. The number of nitrogens with zero attached hydrogens (tertiary/aromatic N) is 1. The average Bonchev–Trinajstić information content (AvgIpc) is 2.57. The van der Waals surface area contributed by atoms with Crippen LogP contribution in [0.4, 0.5) is 0 Å². The van der Waals surface area contributed by atoms with E-state index in [1.807, 2.05) is 0 Å². The Hall–Kier alpha value is -1.35. The zero-order chi connectivity index (χ0) is 15.2. The summed E-state index contributed by atoms with van der Waals surface area (Å²) in [4.78, 5) is 2.48. The highest BCUT2D eigenvalue weighted by Gasteiger charge is 2.15. The molecule has 2 nitrogen and oxygen atoms in total. The molecule has 1 N–H and O–H groups in total. The van der Waals surface area contributed by atoms with E-state index in [0.717, 1.165) is 12.5 Å². The van der Waals surface area contributed by atoms with E-state index in [1.165, 1.54) is 49.2 Å². The summed E-state index contributed by atoms with van der Waals surface area (Å²) in [7, 11) is 2.25. The number of piperidine rings is 1. The minimum absolute atomic E-state index is 0. The van der Waals surface area contributed by atoms with Gasteiger partial charge < -0.3 is 10.2 Å². The van der Waals surface area contributed by atoms with Gasteiger partial charge in [0.25, 0.3) is 0 Å². The molecule has 0 unspecified atom stereocenters. The van der Waals surface area contributed by atoms with Crippen molar-refractivity contribution in [3.05, 3.63) is 60.2 Å². The highest BCUT2D eigenvalue weighted by atomic mass is 35.5. The molecule has 2 aromatic rings. The van der Waals surface area contributed by atoms with Crippen LogP contribution in [0.15, 0.2) is 54.6 Å². The number of halogens is 1. The van der Waals surface area contributed by atoms with Crippen LogP contribution < -0.4 is 5.32 Å². The fourth-order valence-corrected chi connectivity index (χ4v) is 3.42. The predicted octanol–water partition coefficient (Wildman–Crippen LogP) is 4.21. The molecule has 0 radical (unpaired) electrons. The van der Waals surface area contributed by atoms with Crippen molar-refractivity contribution in [2.75, 3.05) is 26.7 Å². The molecule has 1 aliphatic rings. The van der Waals surface area contributed by atoms with E-state index in [-0.39, 0.29) is 12.4 Å². The molecule has 23 heavy (non-hydrogen) atoms. The van der Waals surface area contributed by atoms with Crippen LogP contribution in [0.2, 0.25) is 0 Å². The van der Waals surface area contributed by atoms with Gasteiger partial charge in [0.05, 0.1) is 0 Å². The summed E-state index contributed by atoms with van der Waals surface area (Å²) in [5.41, 5.74) is 4.10. The summed E-state index contributed by atoms with van der Waals surface area (Å²) in [6, 6.07) is 19.5. The van der Waals surface area contributed by atoms with Crippen LogP contribution in [0, 0.1) is 5.92 Å². The first-order valence-corrected chi connectivity index (χ1v) is 8.35. The Morgan fingerprint density at radius 1 is 0.957 bits per heavy atom. The number of hydrogen-bond donors (Lipinski definition) is 1. The number of hydrogen-bond acceptors (Lipinski definition) is 2. The molecule has 2 aromatic carbocycles. The minimum atomic E-state index is 0. The zero-order valence-electron chi connectivity index (χ0n) is 13.9. The van der Waals surface area contributed by atoms with Gasteiger partial charge in [-0.05, 0) is 55.6 Å².